The topological polar surface area (TPSA) is 102 Å². The Morgan fingerprint density at radius 3 is 2.13 bits per heavy atom. The molecule has 3 aliphatic rings. The van der Waals surface area contributed by atoms with Crippen LogP contribution in [0.3, 0.4) is 0 Å². The fourth-order valence-corrected chi connectivity index (χ4v) is 8.08. The van der Waals surface area contributed by atoms with Crippen molar-refractivity contribution < 1.29 is 23.3 Å². The predicted octanol–water partition coefficient (Wildman–Crippen LogP) is 5.07. The third kappa shape index (κ3) is 7.03. The zero-order valence-electron chi connectivity index (χ0n) is 30.1. The molecule has 0 spiro atoms. The number of ether oxygens (including phenoxy) is 1. The summed E-state index contributed by atoms with van der Waals surface area (Å²) in [7, 11) is 0. The molecule has 3 fully saturated rings. The van der Waals surface area contributed by atoms with Crippen molar-refractivity contribution in [2.75, 3.05) is 93.4 Å². The lowest BCUT2D eigenvalue weighted by Gasteiger charge is -2.36. The number of halogens is 3. The second-order valence-electron chi connectivity index (χ2n) is 13.6. The lowest BCUT2D eigenvalue weighted by atomic mass is 10.0. The van der Waals surface area contributed by atoms with E-state index < -0.39 is 5.82 Å². The summed E-state index contributed by atoms with van der Waals surface area (Å²) in [6.07, 6.45) is 4.40. The van der Waals surface area contributed by atoms with E-state index in [2.05, 4.69) is 37.8 Å². The van der Waals surface area contributed by atoms with Crippen LogP contribution in [0.25, 0.3) is 38.6 Å². The number of carbonyl (C=O) groups is 2. The Morgan fingerprint density at radius 2 is 1.44 bits per heavy atom. The fourth-order valence-electron chi connectivity index (χ4n) is 7.56. The molecule has 12 nitrogen and oxygen atoms in total. The number of amides is 2. The molecular weight excluding hydrogens is 744 g/mol. The van der Waals surface area contributed by atoms with Gasteiger partial charge in [0.25, 0.3) is 18.1 Å². The maximum atomic E-state index is 15.3. The summed E-state index contributed by atoms with van der Waals surface area (Å²) in [6, 6.07) is 14.2. The second-order valence-corrected chi connectivity index (χ2v) is 14.4. The van der Waals surface area contributed by atoms with Gasteiger partial charge in [0.05, 0.1) is 34.8 Å². The van der Waals surface area contributed by atoms with E-state index in [0.717, 1.165) is 16.9 Å². The SMILES string of the molecule is C=CC(=O)N1CCN(c2nc[n+](C(=C)C(=O)N3CCN(c4ncnc5cc(F)c(-c6ccccc6Cl)cc45)CC3)c3cc(Cl)c(N4CCOCC4)cc23)CC1. The summed E-state index contributed by atoms with van der Waals surface area (Å²) in [5.41, 5.74) is 3.23. The Bertz CT molecular complexity index is 2340. The van der Waals surface area contributed by atoms with Crippen LogP contribution < -0.4 is 19.3 Å². The van der Waals surface area contributed by atoms with Gasteiger partial charge < -0.3 is 29.2 Å². The van der Waals surface area contributed by atoms with Crippen molar-refractivity contribution in [1.82, 2.24) is 24.8 Å². The van der Waals surface area contributed by atoms with Crippen molar-refractivity contribution >= 4 is 79.8 Å². The number of morpholine rings is 1. The van der Waals surface area contributed by atoms with Crippen LogP contribution in [0, 0.1) is 5.82 Å². The van der Waals surface area contributed by atoms with Gasteiger partial charge in [-0.15, -0.1) is 0 Å². The molecule has 15 heteroatoms. The van der Waals surface area contributed by atoms with E-state index in [4.69, 9.17) is 32.9 Å². The van der Waals surface area contributed by atoms with Crippen LogP contribution in [0.4, 0.5) is 21.7 Å². The molecule has 0 aliphatic carbocycles. The lowest BCUT2D eigenvalue weighted by molar-refractivity contribution is -0.552. The molecule has 0 radical (unpaired) electrons. The van der Waals surface area contributed by atoms with Gasteiger partial charge in [0.15, 0.2) is 5.70 Å². The maximum absolute atomic E-state index is 15.3. The van der Waals surface area contributed by atoms with E-state index in [1.165, 1.54) is 18.5 Å². The molecule has 55 heavy (non-hydrogen) atoms. The number of fused-ring (bicyclic) bond motifs is 2. The predicted molar refractivity (Wildman–Crippen MR) is 213 cm³/mol. The number of hydrogen-bond acceptors (Lipinski definition) is 9. The molecule has 2 amide bonds. The minimum Gasteiger partial charge on any atom is -0.378 e. The molecule has 0 N–H and O–H groups in total. The van der Waals surface area contributed by atoms with E-state index in [9.17, 15) is 9.59 Å². The Kier molecular flexibility index (Phi) is 10.2. The van der Waals surface area contributed by atoms with Crippen LogP contribution in [-0.2, 0) is 14.3 Å². The van der Waals surface area contributed by atoms with Gasteiger partial charge in [0, 0.05) is 99.1 Å². The van der Waals surface area contributed by atoms with Crippen LogP contribution in [0.15, 0.2) is 80.4 Å². The molecule has 0 unspecified atom stereocenters. The molecule has 282 valence electrons. The molecular formula is C40H39Cl2FN9O3+. The highest BCUT2D eigenvalue weighted by atomic mass is 35.5. The summed E-state index contributed by atoms with van der Waals surface area (Å²) < 4.78 is 22.6. The number of aromatic nitrogens is 4. The first-order valence-corrected chi connectivity index (χ1v) is 18.9. The zero-order valence-corrected chi connectivity index (χ0v) is 31.6. The highest BCUT2D eigenvalue weighted by molar-refractivity contribution is 6.34. The molecule has 5 heterocycles. The molecule has 3 aromatic carbocycles. The lowest BCUT2D eigenvalue weighted by Crippen LogP contribution is -2.52. The number of anilines is 3. The zero-order chi connectivity index (χ0) is 38.2. The largest absolute Gasteiger partial charge is 0.378 e. The average Bonchev–Trinajstić information content (AvgIpc) is 3.22. The molecule has 0 bridgehead atoms. The van der Waals surface area contributed by atoms with Crippen molar-refractivity contribution in [3.8, 4) is 11.1 Å². The van der Waals surface area contributed by atoms with E-state index >= 15 is 4.39 Å². The minimum absolute atomic E-state index is 0.0938. The smallest absolute Gasteiger partial charge is 0.294 e. The van der Waals surface area contributed by atoms with Crippen LogP contribution in [-0.4, -0.2) is 115 Å². The minimum atomic E-state index is -0.423. The van der Waals surface area contributed by atoms with Crippen LogP contribution in [0.5, 0.6) is 0 Å². The first kappa shape index (κ1) is 36.6. The van der Waals surface area contributed by atoms with E-state index in [1.807, 2.05) is 18.2 Å². The number of nitrogens with zero attached hydrogens (tertiary/aromatic N) is 9. The third-order valence-corrected chi connectivity index (χ3v) is 11.2. The highest BCUT2D eigenvalue weighted by Gasteiger charge is 2.32. The van der Waals surface area contributed by atoms with Gasteiger partial charge >= 0.3 is 0 Å². The first-order valence-electron chi connectivity index (χ1n) is 18.2. The second kappa shape index (κ2) is 15.4. The maximum Gasteiger partial charge on any atom is 0.294 e. The van der Waals surface area contributed by atoms with Crippen molar-refractivity contribution in [1.29, 1.82) is 0 Å². The number of piperazine rings is 2. The Balaban J connectivity index is 1.05. The van der Waals surface area contributed by atoms with Gasteiger partial charge in [0.1, 0.15) is 23.5 Å². The average molecular weight is 784 g/mol. The normalized spacial score (nSPS) is 16.5. The van der Waals surface area contributed by atoms with Gasteiger partial charge in [0.2, 0.25) is 5.91 Å². The fraction of sp³-hybridized carbons (Fsp3) is 0.300. The molecule has 3 saturated heterocycles. The van der Waals surface area contributed by atoms with Crippen molar-refractivity contribution in [3.05, 3.63) is 96.3 Å². The molecule has 2 aromatic heterocycles. The third-order valence-electron chi connectivity index (χ3n) is 10.5. The van der Waals surface area contributed by atoms with Crippen molar-refractivity contribution in [2.24, 2.45) is 0 Å². The molecule has 3 aliphatic heterocycles. The Labute approximate surface area is 327 Å². The van der Waals surface area contributed by atoms with Gasteiger partial charge in [-0.1, -0.05) is 48.0 Å². The monoisotopic (exact) mass is 782 g/mol. The van der Waals surface area contributed by atoms with Crippen LogP contribution >= 0.6 is 23.2 Å². The Hall–Kier alpha value is -5.37. The van der Waals surface area contributed by atoms with E-state index in [1.54, 1.807) is 45.0 Å². The van der Waals surface area contributed by atoms with E-state index in [0.29, 0.717) is 122 Å². The van der Waals surface area contributed by atoms with Crippen LogP contribution in [0.2, 0.25) is 10.0 Å². The summed E-state index contributed by atoms with van der Waals surface area (Å²) in [5, 5.41) is 2.50. The molecule has 5 aromatic rings. The molecule has 0 atom stereocenters. The van der Waals surface area contributed by atoms with E-state index in [-0.39, 0.29) is 17.5 Å². The number of benzene rings is 3. The number of rotatable bonds is 7. The van der Waals surface area contributed by atoms with Crippen molar-refractivity contribution in [3.63, 3.8) is 0 Å². The summed E-state index contributed by atoms with van der Waals surface area (Å²) in [4.78, 5) is 50.2. The number of hydrogen-bond donors (Lipinski definition) is 0. The van der Waals surface area contributed by atoms with Gasteiger partial charge in [-0.2, -0.15) is 4.57 Å². The van der Waals surface area contributed by atoms with Crippen molar-refractivity contribution in [2.45, 2.75) is 0 Å². The first-order chi connectivity index (χ1) is 26.7. The van der Waals surface area contributed by atoms with Gasteiger partial charge in [-0.25, -0.2) is 14.4 Å². The quantitative estimate of drug-likeness (QED) is 0.166. The standard InChI is InChI=1S/C40H39Cl2FN9O3/c1-3-37(53)48-8-10-50(11-9-48)39-30-21-36(47-16-18-55-19-17-47)32(42)22-35(30)52(25-46-39)26(2)40(54)51-14-12-49(13-15-51)38-29-20-28(27-6-4-5-7-31(27)41)33(43)23-34(29)44-24-45-38/h3-7,20-25H,1-2,8-19H2/q+1. The van der Waals surface area contributed by atoms with Gasteiger partial charge in [-0.05, 0) is 35.8 Å². The summed E-state index contributed by atoms with van der Waals surface area (Å²) in [6.45, 7) is 14.5. The van der Waals surface area contributed by atoms with Gasteiger partial charge in [-0.3, -0.25) is 9.59 Å². The number of carbonyl (C=O) groups excluding carboxylic acids is 2. The molecule has 8 rings (SSSR count). The van der Waals surface area contributed by atoms with Crippen LogP contribution in [0.1, 0.15) is 0 Å². The Morgan fingerprint density at radius 1 is 0.764 bits per heavy atom. The summed E-state index contributed by atoms with van der Waals surface area (Å²) in [5.74, 6) is 0.647. The highest BCUT2D eigenvalue weighted by Crippen LogP contribution is 2.36. The molecule has 0 saturated carbocycles. The summed E-state index contributed by atoms with van der Waals surface area (Å²) >= 11 is 13.4.